The zero-order chi connectivity index (χ0) is 19.7. The van der Waals surface area contributed by atoms with Crippen LogP contribution in [0.5, 0.6) is 5.75 Å². The molecule has 2 aromatic rings. The van der Waals surface area contributed by atoms with Crippen LogP contribution in [0.25, 0.3) is 0 Å². The second-order valence-electron chi connectivity index (χ2n) is 6.78. The van der Waals surface area contributed by atoms with Gasteiger partial charge in [0.15, 0.2) is 0 Å². The van der Waals surface area contributed by atoms with Crippen LogP contribution < -0.4 is 10.1 Å². The van der Waals surface area contributed by atoms with E-state index in [9.17, 15) is 19.2 Å². The van der Waals surface area contributed by atoms with Crippen molar-refractivity contribution in [1.82, 2.24) is 10.2 Å². The number of carbonyl (C=O) groups excluding carboxylic acids is 4. The van der Waals surface area contributed by atoms with Gasteiger partial charge >= 0.3 is 0 Å². The summed E-state index contributed by atoms with van der Waals surface area (Å²) in [6.45, 7) is 0.642. The molecular formula is C20H18N2O5S. The molecule has 1 saturated heterocycles. The normalized spacial score (nSPS) is 19.2. The van der Waals surface area contributed by atoms with Gasteiger partial charge in [-0.15, -0.1) is 11.3 Å². The minimum Gasteiger partial charge on any atom is -0.488 e. The summed E-state index contributed by atoms with van der Waals surface area (Å²) in [5.74, 6) is -0.237. The average molecular weight is 398 g/mol. The maximum atomic E-state index is 12.8. The minimum atomic E-state index is -0.624. The Morgan fingerprint density at radius 3 is 2.75 bits per heavy atom. The lowest BCUT2D eigenvalue weighted by Gasteiger charge is -2.25. The van der Waals surface area contributed by atoms with Gasteiger partial charge in [-0.05, 0) is 37.1 Å². The summed E-state index contributed by atoms with van der Waals surface area (Å²) in [4.78, 5) is 49.8. The van der Waals surface area contributed by atoms with Gasteiger partial charge in [-0.3, -0.25) is 24.5 Å². The summed E-state index contributed by atoms with van der Waals surface area (Å²) < 4.78 is 5.79. The average Bonchev–Trinajstić information content (AvgIpc) is 3.18. The fourth-order valence-electron chi connectivity index (χ4n) is 3.50. The lowest BCUT2D eigenvalue weighted by molar-refractivity contribution is -0.132. The Bertz CT molecular complexity index is 950. The minimum absolute atomic E-state index is 0.178. The van der Waals surface area contributed by atoms with Gasteiger partial charge in [0.05, 0.1) is 5.56 Å². The van der Waals surface area contributed by atoms with Gasteiger partial charge in [-0.1, -0.05) is 0 Å². The summed E-state index contributed by atoms with van der Waals surface area (Å²) in [5.41, 5.74) is 2.05. The van der Waals surface area contributed by atoms with E-state index in [0.29, 0.717) is 49.3 Å². The van der Waals surface area contributed by atoms with Gasteiger partial charge in [0.25, 0.3) is 5.91 Å². The predicted molar refractivity (Wildman–Crippen MR) is 101 cm³/mol. The summed E-state index contributed by atoms with van der Waals surface area (Å²) in [6.07, 6.45) is 2.12. The van der Waals surface area contributed by atoms with E-state index in [4.69, 9.17) is 4.74 Å². The first-order chi connectivity index (χ1) is 13.6. The van der Waals surface area contributed by atoms with Crippen LogP contribution in [0.2, 0.25) is 0 Å². The SMILES string of the molecule is O=Cc1ccc(OCc2scc3c2CN(C2CCCC(=O)NC2=O)C3=O)cc1. The molecule has 0 bridgehead atoms. The molecule has 0 aliphatic carbocycles. The van der Waals surface area contributed by atoms with Crippen LogP contribution in [0.1, 0.15) is 50.4 Å². The maximum Gasteiger partial charge on any atom is 0.256 e. The van der Waals surface area contributed by atoms with E-state index in [1.54, 1.807) is 34.5 Å². The highest BCUT2D eigenvalue weighted by atomic mass is 32.1. The molecule has 1 unspecified atom stereocenters. The maximum absolute atomic E-state index is 12.8. The smallest absolute Gasteiger partial charge is 0.256 e. The van der Waals surface area contributed by atoms with Gasteiger partial charge in [0.2, 0.25) is 11.8 Å². The third kappa shape index (κ3) is 3.43. The standard InChI is InChI=1S/C20H18N2O5S/c23-9-12-4-6-13(7-5-12)27-10-17-14-8-22(20(26)15(14)11-28-17)16-2-1-3-18(24)21-19(16)25/h4-7,9,11,16H,1-3,8,10H2,(H,21,24,25). The quantitative estimate of drug-likeness (QED) is 0.616. The summed E-state index contributed by atoms with van der Waals surface area (Å²) in [7, 11) is 0. The van der Waals surface area contributed by atoms with Crippen molar-refractivity contribution in [3.63, 3.8) is 0 Å². The van der Waals surface area contributed by atoms with Crippen molar-refractivity contribution in [3.05, 3.63) is 51.2 Å². The molecule has 1 N–H and O–H groups in total. The Hall–Kier alpha value is -3.00. The first-order valence-electron chi connectivity index (χ1n) is 8.99. The monoisotopic (exact) mass is 398 g/mol. The highest BCUT2D eigenvalue weighted by molar-refractivity contribution is 7.10. The highest BCUT2D eigenvalue weighted by Gasteiger charge is 2.39. The van der Waals surface area contributed by atoms with E-state index in [1.165, 1.54) is 11.3 Å². The molecule has 0 spiro atoms. The van der Waals surface area contributed by atoms with E-state index >= 15 is 0 Å². The molecule has 1 aromatic heterocycles. The molecular weight excluding hydrogens is 380 g/mol. The van der Waals surface area contributed by atoms with Crippen LogP contribution in [-0.4, -0.2) is 34.9 Å². The van der Waals surface area contributed by atoms with Crippen LogP contribution in [0.4, 0.5) is 0 Å². The van der Waals surface area contributed by atoms with Crippen molar-refractivity contribution in [2.45, 2.75) is 38.5 Å². The number of fused-ring (bicyclic) bond motifs is 1. The van der Waals surface area contributed by atoms with Gasteiger partial charge in [-0.2, -0.15) is 0 Å². The number of imide groups is 1. The number of amides is 3. The van der Waals surface area contributed by atoms with E-state index in [-0.39, 0.29) is 11.8 Å². The topological polar surface area (TPSA) is 92.8 Å². The van der Waals surface area contributed by atoms with Gasteiger partial charge < -0.3 is 9.64 Å². The van der Waals surface area contributed by atoms with Gasteiger partial charge in [0.1, 0.15) is 24.7 Å². The summed E-state index contributed by atoms with van der Waals surface area (Å²) in [5, 5.41) is 4.16. The van der Waals surface area contributed by atoms with E-state index in [0.717, 1.165) is 16.7 Å². The van der Waals surface area contributed by atoms with Crippen LogP contribution in [0.3, 0.4) is 0 Å². The third-order valence-corrected chi connectivity index (χ3v) is 6.01. The molecule has 1 aromatic carbocycles. The predicted octanol–water partition coefficient (Wildman–Crippen LogP) is 2.29. The molecule has 0 radical (unpaired) electrons. The number of ether oxygens (including phenoxy) is 1. The largest absolute Gasteiger partial charge is 0.488 e. The molecule has 2 aliphatic heterocycles. The van der Waals surface area contributed by atoms with Crippen molar-refractivity contribution in [2.75, 3.05) is 0 Å². The van der Waals surface area contributed by atoms with Crippen LogP contribution in [0, 0.1) is 0 Å². The van der Waals surface area contributed by atoms with Gasteiger partial charge in [0, 0.05) is 34.3 Å². The Balaban J connectivity index is 1.47. The number of rotatable bonds is 5. The fraction of sp³-hybridized carbons (Fsp3) is 0.300. The number of hydrogen-bond acceptors (Lipinski definition) is 6. The molecule has 4 rings (SSSR count). The van der Waals surface area contributed by atoms with Crippen LogP contribution >= 0.6 is 11.3 Å². The van der Waals surface area contributed by atoms with Crippen LogP contribution in [-0.2, 0) is 22.7 Å². The molecule has 2 aliphatic rings. The lowest BCUT2D eigenvalue weighted by Crippen LogP contribution is -2.47. The molecule has 3 heterocycles. The zero-order valence-electron chi connectivity index (χ0n) is 15.0. The number of nitrogens with one attached hydrogen (secondary N) is 1. The van der Waals surface area contributed by atoms with Crippen molar-refractivity contribution < 1.29 is 23.9 Å². The molecule has 7 nitrogen and oxygen atoms in total. The summed E-state index contributed by atoms with van der Waals surface area (Å²) in [6, 6.07) is 6.18. The van der Waals surface area contributed by atoms with Crippen molar-refractivity contribution in [2.24, 2.45) is 0 Å². The molecule has 0 saturated carbocycles. The number of hydrogen-bond donors (Lipinski definition) is 1. The molecule has 28 heavy (non-hydrogen) atoms. The van der Waals surface area contributed by atoms with E-state index in [1.807, 2.05) is 0 Å². The number of nitrogens with zero attached hydrogens (tertiary/aromatic N) is 1. The second-order valence-corrected chi connectivity index (χ2v) is 7.74. The van der Waals surface area contributed by atoms with E-state index in [2.05, 4.69) is 5.32 Å². The molecule has 3 amide bonds. The Morgan fingerprint density at radius 2 is 2.00 bits per heavy atom. The molecule has 1 atom stereocenters. The first-order valence-corrected chi connectivity index (χ1v) is 9.86. The second kappa shape index (κ2) is 7.55. The Morgan fingerprint density at radius 1 is 1.21 bits per heavy atom. The van der Waals surface area contributed by atoms with Crippen LogP contribution in [0.15, 0.2) is 29.6 Å². The number of aldehydes is 1. The zero-order valence-corrected chi connectivity index (χ0v) is 15.8. The molecule has 1 fully saturated rings. The Kier molecular flexibility index (Phi) is 4.95. The Labute approximate surface area is 165 Å². The summed E-state index contributed by atoms with van der Waals surface area (Å²) >= 11 is 1.45. The number of carbonyl (C=O) groups is 4. The van der Waals surface area contributed by atoms with E-state index < -0.39 is 11.9 Å². The third-order valence-electron chi connectivity index (χ3n) is 5.01. The fourth-order valence-corrected chi connectivity index (χ4v) is 4.45. The first kappa shape index (κ1) is 18.4. The molecule has 8 heteroatoms. The van der Waals surface area contributed by atoms with Crippen molar-refractivity contribution >= 4 is 35.3 Å². The van der Waals surface area contributed by atoms with Crippen molar-refractivity contribution in [3.8, 4) is 5.75 Å². The van der Waals surface area contributed by atoms with Gasteiger partial charge in [-0.25, -0.2) is 0 Å². The molecule has 144 valence electrons. The van der Waals surface area contributed by atoms with Crippen molar-refractivity contribution in [1.29, 1.82) is 0 Å². The number of benzene rings is 1. The lowest BCUT2D eigenvalue weighted by atomic mass is 10.1. The highest BCUT2D eigenvalue weighted by Crippen LogP contribution is 2.34. The number of thiophene rings is 1.